The van der Waals surface area contributed by atoms with Gasteiger partial charge in [-0.3, -0.25) is 9.59 Å². The molecular formula is C14H19FN2O2. The van der Waals surface area contributed by atoms with E-state index in [4.69, 9.17) is 0 Å². The average molecular weight is 266 g/mol. The summed E-state index contributed by atoms with van der Waals surface area (Å²) < 4.78 is 12.9. The molecule has 4 nitrogen and oxygen atoms in total. The topological polar surface area (TPSA) is 58.2 Å². The van der Waals surface area contributed by atoms with Crippen molar-refractivity contribution in [2.75, 3.05) is 6.54 Å². The number of carbonyl (C=O) groups excluding carboxylic acids is 2. The molecular weight excluding hydrogens is 247 g/mol. The van der Waals surface area contributed by atoms with Crippen molar-refractivity contribution in [2.45, 2.75) is 26.8 Å². The molecule has 2 N–H and O–H groups in total. The summed E-state index contributed by atoms with van der Waals surface area (Å²) in [5.74, 6) is -0.883. The summed E-state index contributed by atoms with van der Waals surface area (Å²) in [6, 6.07) is 5.37. The van der Waals surface area contributed by atoms with Crippen LogP contribution < -0.4 is 10.6 Å². The average Bonchev–Trinajstić information content (AvgIpc) is 2.35. The molecule has 0 spiro atoms. The van der Waals surface area contributed by atoms with Crippen molar-refractivity contribution in [2.24, 2.45) is 5.92 Å². The normalized spacial score (nSPS) is 12.1. The highest BCUT2D eigenvalue weighted by Gasteiger charge is 2.12. The zero-order valence-corrected chi connectivity index (χ0v) is 11.4. The van der Waals surface area contributed by atoms with Gasteiger partial charge >= 0.3 is 0 Å². The van der Waals surface area contributed by atoms with Gasteiger partial charge in [0.15, 0.2) is 0 Å². The Morgan fingerprint density at radius 2 is 1.95 bits per heavy atom. The number of hydrogen-bond acceptors (Lipinski definition) is 2. The van der Waals surface area contributed by atoms with E-state index in [0.29, 0.717) is 5.92 Å². The predicted molar refractivity (Wildman–Crippen MR) is 71.2 cm³/mol. The van der Waals surface area contributed by atoms with Gasteiger partial charge < -0.3 is 10.6 Å². The lowest BCUT2D eigenvalue weighted by Crippen LogP contribution is -2.42. The molecule has 0 aliphatic heterocycles. The minimum Gasteiger partial charge on any atom is -0.352 e. The van der Waals surface area contributed by atoms with E-state index in [1.807, 2.05) is 20.8 Å². The van der Waals surface area contributed by atoms with Crippen molar-refractivity contribution < 1.29 is 14.0 Å². The van der Waals surface area contributed by atoms with Crippen LogP contribution in [0.2, 0.25) is 0 Å². The first-order valence-corrected chi connectivity index (χ1v) is 6.23. The second-order valence-corrected chi connectivity index (χ2v) is 4.79. The lowest BCUT2D eigenvalue weighted by molar-refractivity contribution is -0.121. The molecule has 19 heavy (non-hydrogen) atoms. The van der Waals surface area contributed by atoms with Crippen molar-refractivity contribution in [3.05, 3.63) is 35.6 Å². The van der Waals surface area contributed by atoms with Crippen molar-refractivity contribution in [3.63, 3.8) is 0 Å². The molecule has 0 bridgehead atoms. The quantitative estimate of drug-likeness (QED) is 0.852. The van der Waals surface area contributed by atoms with Crippen LogP contribution in [-0.4, -0.2) is 24.4 Å². The number of carbonyl (C=O) groups is 2. The first-order valence-electron chi connectivity index (χ1n) is 6.23. The number of benzene rings is 1. The Morgan fingerprint density at radius 3 is 2.53 bits per heavy atom. The van der Waals surface area contributed by atoms with Crippen LogP contribution in [0.15, 0.2) is 24.3 Å². The third-order valence-corrected chi connectivity index (χ3v) is 2.88. The van der Waals surface area contributed by atoms with Gasteiger partial charge in [-0.25, -0.2) is 4.39 Å². The van der Waals surface area contributed by atoms with E-state index < -0.39 is 11.7 Å². The van der Waals surface area contributed by atoms with Gasteiger partial charge in [-0.2, -0.15) is 0 Å². The second-order valence-electron chi connectivity index (χ2n) is 4.79. The predicted octanol–water partition coefficient (Wildman–Crippen LogP) is 1.72. The lowest BCUT2D eigenvalue weighted by atomic mass is 10.1. The maximum Gasteiger partial charge on any atom is 0.251 e. The standard InChI is InChI=1S/C14H19FN2O2/c1-9(2)10(3)17-13(18)8-16-14(19)11-5-4-6-12(15)7-11/h4-7,9-10H,8H2,1-3H3,(H,16,19)(H,17,18). The molecule has 0 fully saturated rings. The molecule has 0 aromatic heterocycles. The number of halogens is 1. The Kier molecular flexibility index (Phi) is 5.48. The molecule has 1 unspecified atom stereocenters. The lowest BCUT2D eigenvalue weighted by Gasteiger charge is -2.17. The van der Waals surface area contributed by atoms with Gasteiger partial charge in [0.2, 0.25) is 5.91 Å². The SMILES string of the molecule is CC(C)C(C)NC(=O)CNC(=O)c1cccc(F)c1. The third-order valence-electron chi connectivity index (χ3n) is 2.88. The molecule has 2 amide bonds. The van der Waals surface area contributed by atoms with Gasteiger partial charge in [0, 0.05) is 11.6 Å². The Balaban J connectivity index is 2.44. The summed E-state index contributed by atoms with van der Waals surface area (Å²) in [4.78, 5) is 23.2. The second kappa shape index (κ2) is 6.87. The third kappa shape index (κ3) is 5.07. The van der Waals surface area contributed by atoms with E-state index in [1.54, 1.807) is 0 Å². The van der Waals surface area contributed by atoms with Crippen molar-refractivity contribution in [1.82, 2.24) is 10.6 Å². The van der Waals surface area contributed by atoms with Gasteiger partial charge in [0.1, 0.15) is 5.82 Å². The molecule has 104 valence electrons. The van der Waals surface area contributed by atoms with E-state index in [9.17, 15) is 14.0 Å². The molecule has 0 aliphatic rings. The monoisotopic (exact) mass is 266 g/mol. The summed E-state index contributed by atoms with van der Waals surface area (Å²) in [6.07, 6.45) is 0. The van der Waals surface area contributed by atoms with Crippen LogP contribution in [-0.2, 0) is 4.79 Å². The largest absolute Gasteiger partial charge is 0.352 e. The van der Waals surface area contributed by atoms with E-state index in [2.05, 4.69) is 10.6 Å². The van der Waals surface area contributed by atoms with Gasteiger partial charge in [0.25, 0.3) is 5.91 Å². The highest BCUT2D eigenvalue weighted by Crippen LogP contribution is 2.03. The summed E-state index contributed by atoms with van der Waals surface area (Å²) in [7, 11) is 0. The van der Waals surface area contributed by atoms with Crippen LogP contribution in [0.1, 0.15) is 31.1 Å². The molecule has 0 saturated heterocycles. The molecule has 0 saturated carbocycles. The molecule has 0 radical (unpaired) electrons. The zero-order valence-electron chi connectivity index (χ0n) is 11.4. The van der Waals surface area contributed by atoms with Crippen LogP contribution >= 0.6 is 0 Å². The van der Waals surface area contributed by atoms with Crippen molar-refractivity contribution in [3.8, 4) is 0 Å². The van der Waals surface area contributed by atoms with Crippen LogP contribution in [0.5, 0.6) is 0 Å². The highest BCUT2D eigenvalue weighted by molar-refractivity contribution is 5.96. The first-order chi connectivity index (χ1) is 8.90. The molecule has 0 heterocycles. The maximum absolute atomic E-state index is 12.9. The molecule has 1 atom stereocenters. The van der Waals surface area contributed by atoms with E-state index >= 15 is 0 Å². The summed E-state index contributed by atoms with van der Waals surface area (Å²) >= 11 is 0. The number of nitrogens with one attached hydrogen (secondary N) is 2. The number of rotatable bonds is 5. The molecule has 5 heteroatoms. The van der Waals surface area contributed by atoms with E-state index in [-0.39, 0.29) is 24.1 Å². The van der Waals surface area contributed by atoms with Gasteiger partial charge in [0.05, 0.1) is 6.54 Å². The van der Waals surface area contributed by atoms with Crippen molar-refractivity contribution >= 4 is 11.8 Å². The van der Waals surface area contributed by atoms with Gasteiger partial charge in [-0.1, -0.05) is 19.9 Å². The Morgan fingerprint density at radius 1 is 1.26 bits per heavy atom. The molecule has 1 aromatic rings. The highest BCUT2D eigenvalue weighted by atomic mass is 19.1. The Labute approximate surface area is 112 Å². The van der Waals surface area contributed by atoms with Crippen LogP contribution in [0, 0.1) is 11.7 Å². The van der Waals surface area contributed by atoms with Gasteiger partial charge in [-0.05, 0) is 31.0 Å². The Bertz CT molecular complexity index is 461. The fourth-order valence-electron chi connectivity index (χ4n) is 1.36. The van der Waals surface area contributed by atoms with Crippen LogP contribution in [0.25, 0.3) is 0 Å². The van der Waals surface area contributed by atoms with Crippen LogP contribution in [0.3, 0.4) is 0 Å². The van der Waals surface area contributed by atoms with Crippen molar-refractivity contribution in [1.29, 1.82) is 0 Å². The Hall–Kier alpha value is -1.91. The number of amides is 2. The summed E-state index contributed by atoms with van der Waals surface area (Å²) in [5.41, 5.74) is 0.199. The van der Waals surface area contributed by atoms with Crippen LogP contribution in [0.4, 0.5) is 4.39 Å². The zero-order chi connectivity index (χ0) is 14.4. The number of hydrogen-bond donors (Lipinski definition) is 2. The van der Waals surface area contributed by atoms with E-state index in [1.165, 1.54) is 18.2 Å². The smallest absolute Gasteiger partial charge is 0.251 e. The summed E-state index contributed by atoms with van der Waals surface area (Å²) in [6.45, 7) is 5.77. The van der Waals surface area contributed by atoms with E-state index in [0.717, 1.165) is 6.07 Å². The molecule has 0 aliphatic carbocycles. The fraction of sp³-hybridized carbons (Fsp3) is 0.429. The fourth-order valence-corrected chi connectivity index (χ4v) is 1.36. The molecule has 1 rings (SSSR count). The summed E-state index contributed by atoms with van der Waals surface area (Å²) in [5, 5.41) is 5.22. The minimum absolute atomic E-state index is 0.0403. The molecule has 1 aromatic carbocycles. The first kappa shape index (κ1) is 15.1. The maximum atomic E-state index is 12.9. The van der Waals surface area contributed by atoms with Gasteiger partial charge in [-0.15, -0.1) is 0 Å². The minimum atomic E-state index is -0.481.